The number of nitrogens with zero attached hydrogens (tertiary/aromatic N) is 4. The molecule has 0 saturated carbocycles. The Labute approximate surface area is 124 Å². The Morgan fingerprint density at radius 3 is 2.86 bits per heavy atom. The van der Waals surface area contributed by atoms with Gasteiger partial charge < -0.3 is 9.88 Å². The quantitative estimate of drug-likeness (QED) is 0.753. The van der Waals surface area contributed by atoms with E-state index in [0.29, 0.717) is 0 Å². The predicted molar refractivity (Wildman–Crippen MR) is 82.3 cm³/mol. The Morgan fingerprint density at radius 1 is 1.19 bits per heavy atom. The third-order valence-electron chi connectivity index (χ3n) is 3.34. The molecule has 0 atom stereocenters. The van der Waals surface area contributed by atoms with Gasteiger partial charge in [0.1, 0.15) is 5.82 Å². The highest BCUT2D eigenvalue weighted by atomic mass is 15.3. The van der Waals surface area contributed by atoms with E-state index in [1.165, 1.54) is 0 Å². The van der Waals surface area contributed by atoms with E-state index in [9.17, 15) is 0 Å². The van der Waals surface area contributed by atoms with Crippen molar-refractivity contribution in [2.75, 3.05) is 6.54 Å². The van der Waals surface area contributed by atoms with Gasteiger partial charge in [-0.15, -0.1) is 0 Å². The topological polar surface area (TPSA) is 47.7 Å². The predicted octanol–water partition coefficient (Wildman–Crippen LogP) is 2.23. The molecule has 2 aromatic heterocycles. The number of aromatic nitrogens is 4. The second-order valence-electron chi connectivity index (χ2n) is 4.88. The van der Waals surface area contributed by atoms with Crippen LogP contribution in [0.1, 0.15) is 18.3 Å². The van der Waals surface area contributed by atoms with Crippen LogP contribution in [0.3, 0.4) is 0 Å². The van der Waals surface area contributed by atoms with Gasteiger partial charge in [0, 0.05) is 24.2 Å². The smallest absolute Gasteiger partial charge is 0.122 e. The molecule has 0 bridgehead atoms. The molecule has 0 aliphatic heterocycles. The van der Waals surface area contributed by atoms with Crippen molar-refractivity contribution in [2.45, 2.75) is 20.0 Å². The van der Waals surface area contributed by atoms with Gasteiger partial charge in [-0.1, -0.05) is 25.1 Å². The van der Waals surface area contributed by atoms with E-state index in [4.69, 9.17) is 0 Å². The molecule has 0 spiro atoms. The van der Waals surface area contributed by atoms with Crippen LogP contribution in [0.5, 0.6) is 0 Å². The van der Waals surface area contributed by atoms with Crippen molar-refractivity contribution in [3.05, 3.63) is 66.5 Å². The van der Waals surface area contributed by atoms with Gasteiger partial charge >= 0.3 is 0 Å². The van der Waals surface area contributed by atoms with Gasteiger partial charge in [-0.25, -0.2) is 9.67 Å². The molecule has 5 nitrogen and oxygen atoms in total. The molecule has 0 saturated heterocycles. The monoisotopic (exact) mass is 281 g/mol. The van der Waals surface area contributed by atoms with Crippen LogP contribution in [0, 0.1) is 0 Å². The van der Waals surface area contributed by atoms with Crippen LogP contribution < -0.4 is 5.32 Å². The molecule has 3 aromatic rings. The molecule has 0 unspecified atom stereocenters. The summed E-state index contributed by atoms with van der Waals surface area (Å²) < 4.78 is 4.05. The highest BCUT2D eigenvalue weighted by Crippen LogP contribution is 2.10. The van der Waals surface area contributed by atoms with Gasteiger partial charge in [0.05, 0.1) is 25.0 Å². The first-order valence-electron chi connectivity index (χ1n) is 7.16. The average molecular weight is 281 g/mol. The van der Waals surface area contributed by atoms with Gasteiger partial charge in [-0.3, -0.25) is 0 Å². The lowest BCUT2D eigenvalue weighted by molar-refractivity contribution is 0.639. The lowest BCUT2D eigenvalue weighted by Gasteiger charge is -2.06. The molecule has 0 radical (unpaired) electrons. The van der Waals surface area contributed by atoms with Crippen LogP contribution in [-0.2, 0) is 13.1 Å². The van der Waals surface area contributed by atoms with Crippen LogP contribution in [0.2, 0.25) is 0 Å². The highest BCUT2D eigenvalue weighted by Gasteiger charge is 2.05. The Hall–Kier alpha value is -2.40. The lowest BCUT2D eigenvalue weighted by atomic mass is 10.3. The molecule has 1 N–H and O–H groups in total. The maximum absolute atomic E-state index is 4.43. The molecular formula is C16H19N5. The first-order chi connectivity index (χ1) is 10.4. The lowest BCUT2D eigenvalue weighted by Crippen LogP contribution is -2.16. The number of nitrogens with one attached hydrogen (secondary N) is 1. The van der Waals surface area contributed by atoms with Crippen molar-refractivity contribution >= 4 is 0 Å². The number of hydrogen-bond donors (Lipinski definition) is 1. The summed E-state index contributed by atoms with van der Waals surface area (Å²) in [5.41, 5.74) is 2.23. The molecule has 2 heterocycles. The Kier molecular flexibility index (Phi) is 4.12. The molecule has 0 fully saturated rings. The van der Waals surface area contributed by atoms with E-state index >= 15 is 0 Å². The summed E-state index contributed by atoms with van der Waals surface area (Å²) >= 11 is 0. The Morgan fingerprint density at radius 2 is 2.05 bits per heavy atom. The van der Waals surface area contributed by atoms with Crippen molar-refractivity contribution in [3.8, 4) is 5.69 Å². The van der Waals surface area contributed by atoms with Crippen LogP contribution in [0.4, 0.5) is 0 Å². The summed E-state index contributed by atoms with van der Waals surface area (Å²) in [6.45, 7) is 4.61. The van der Waals surface area contributed by atoms with E-state index in [-0.39, 0.29) is 0 Å². The molecule has 0 aliphatic carbocycles. The fourth-order valence-electron chi connectivity index (χ4n) is 2.25. The second-order valence-corrected chi connectivity index (χ2v) is 4.88. The first kappa shape index (κ1) is 13.6. The number of imidazole rings is 1. The molecule has 0 aliphatic rings. The second kappa shape index (κ2) is 6.37. The van der Waals surface area contributed by atoms with Crippen LogP contribution >= 0.6 is 0 Å². The van der Waals surface area contributed by atoms with Gasteiger partial charge in [0.15, 0.2) is 0 Å². The maximum atomic E-state index is 4.43. The van der Waals surface area contributed by atoms with E-state index in [2.05, 4.69) is 33.1 Å². The molecular weight excluding hydrogens is 262 g/mol. The van der Waals surface area contributed by atoms with Crippen molar-refractivity contribution in [1.82, 2.24) is 24.6 Å². The summed E-state index contributed by atoms with van der Waals surface area (Å²) in [5.74, 6) is 1.05. The van der Waals surface area contributed by atoms with Crippen molar-refractivity contribution in [3.63, 3.8) is 0 Å². The van der Waals surface area contributed by atoms with E-state index in [0.717, 1.165) is 36.7 Å². The summed E-state index contributed by atoms with van der Waals surface area (Å²) in [4.78, 5) is 4.39. The van der Waals surface area contributed by atoms with E-state index in [1.54, 1.807) is 0 Å². The first-order valence-corrected chi connectivity index (χ1v) is 7.16. The Bertz CT molecular complexity index is 684. The highest BCUT2D eigenvalue weighted by molar-refractivity contribution is 5.30. The SMILES string of the molecule is CCNCc1nccn1Cc1cnn(-c2ccccc2)c1. The molecule has 1 aromatic carbocycles. The number of para-hydroxylation sites is 1. The Balaban J connectivity index is 1.74. The summed E-state index contributed by atoms with van der Waals surface area (Å²) in [6.07, 6.45) is 7.82. The van der Waals surface area contributed by atoms with Gasteiger partial charge in [0.25, 0.3) is 0 Å². The molecule has 0 amide bonds. The average Bonchev–Trinajstić information content (AvgIpc) is 3.16. The third-order valence-corrected chi connectivity index (χ3v) is 3.34. The molecule has 5 heteroatoms. The maximum Gasteiger partial charge on any atom is 0.122 e. The van der Waals surface area contributed by atoms with Crippen LogP contribution in [0.15, 0.2) is 55.1 Å². The standard InChI is InChI=1S/C16H19N5/c1-2-17-11-16-18-8-9-20(16)12-14-10-19-21(13-14)15-6-4-3-5-7-15/h3-10,13,17H,2,11-12H2,1H3. The summed E-state index contributed by atoms with van der Waals surface area (Å²) in [5, 5.41) is 7.73. The largest absolute Gasteiger partial charge is 0.329 e. The van der Waals surface area contributed by atoms with Crippen molar-refractivity contribution in [2.24, 2.45) is 0 Å². The zero-order valence-electron chi connectivity index (χ0n) is 12.1. The normalized spacial score (nSPS) is 10.9. The molecule has 21 heavy (non-hydrogen) atoms. The fraction of sp³-hybridized carbons (Fsp3) is 0.250. The van der Waals surface area contributed by atoms with Crippen molar-refractivity contribution in [1.29, 1.82) is 0 Å². The van der Waals surface area contributed by atoms with Crippen LogP contribution in [0.25, 0.3) is 5.69 Å². The number of hydrogen-bond acceptors (Lipinski definition) is 3. The minimum Gasteiger partial charge on any atom is -0.329 e. The number of benzene rings is 1. The number of rotatable bonds is 6. The minimum absolute atomic E-state index is 0.785. The van der Waals surface area contributed by atoms with Crippen molar-refractivity contribution < 1.29 is 0 Å². The third kappa shape index (κ3) is 3.20. The molecule has 3 rings (SSSR count). The zero-order valence-corrected chi connectivity index (χ0v) is 12.1. The summed E-state index contributed by atoms with van der Waals surface area (Å²) in [6, 6.07) is 10.1. The van der Waals surface area contributed by atoms with E-state index < -0.39 is 0 Å². The fourth-order valence-corrected chi connectivity index (χ4v) is 2.25. The zero-order chi connectivity index (χ0) is 14.5. The van der Waals surface area contributed by atoms with Gasteiger partial charge in [-0.05, 0) is 18.7 Å². The minimum atomic E-state index is 0.785. The summed E-state index contributed by atoms with van der Waals surface area (Å²) in [7, 11) is 0. The van der Waals surface area contributed by atoms with Gasteiger partial charge in [0.2, 0.25) is 0 Å². The van der Waals surface area contributed by atoms with E-state index in [1.807, 2.05) is 53.6 Å². The molecule has 108 valence electrons. The van der Waals surface area contributed by atoms with Crippen LogP contribution in [-0.4, -0.2) is 25.9 Å². The van der Waals surface area contributed by atoms with Gasteiger partial charge in [-0.2, -0.15) is 5.10 Å².